The molecule has 186 valence electrons. The first kappa shape index (κ1) is 25.5. The van der Waals surface area contributed by atoms with E-state index in [0.29, 0.717) is 28.4 Å². The molecule has 0 spiro atoms. The van der Waals surface area contributed by atoms with E-state index in [-0.39, 0.29) is 5.78 Å². The van der Waals surface area contributed by atoms with Crippen molar-refractivity contribution in [1.29, 1.82) is 0 Å². The van der Waals surface area contributed by atoms with Gasteiger partial charge in [-0.3, -0.25) is 9.78 Å². The predicted octanol–water partition coefficient (Wildman–Crippen LogP) is 7.08. The van der Waals surface area contributed by atoms with E-state index >= 15 is 0 Å². The van der Waals surface area contributed by atoms with Crippen LogP contribution in [-0.2, 0) is 0 Å². The Morgan fingerprint density at radius 3 is 2.40 bits per heavy atom. The van der Waals surface area contributed by atoms with Gasteiger partial charge in [-0.1, -0.05) is 38.4 Å². The molecule has 0 radical (unpaired) electrons. The zero-order valence-corrected chi connectivity index (χ0v) is 22.4. The maximum absolute atomic E-state index is 13.5. The van der Waals surface area contributed by atoms with Gasteiger partial charge in [0.1, 0.15) is 5.75 Å². The largest absolute Gasteiger partial charge is 0.497 e. The van der Waals surface area contributed by atoms with Gasteiger partial charge >= 0.3 is 0 Å². The molecule has 1 fully saturated rings. The zero-order valence-electron chi connectivity index (χ0n) is 21.6. The minimum atomic E-state index is -0.508. The van der Waals surface area contributed by atoms with E-state index in [0.717, 1.165) is 53.4 Å². The van der Waals surface area contributed by atoms with Crippen LogP contribution >= 0.6 is 11.6 Å². The summed E-state index contributed by atoms with van der Waals surface area (Å²) in [6.45, 7) is 5.88. The summed E-state index contributed by atoms with van der Waals surface area (Å²) < 4.78 is 5.43. The van der Waals surface area contributed by atoms with Gasteiger partial charge in [-0.05, 0) is 81.2 Å². The average molecular weight is 494 g/mol. The van der Waals surface area contributed by atoms with Crippen LogP contribution in [0.5, 0.6) is 5.75 Å². The fourth-order valence-corrected chi connectivity index (χ4v) is 5.12. The van der Waals surface area contributed by atoms with E-state index in [1.807, 2.05) is 45.0 Å². The third-order valence-corrected chi connectivity index (χ3v) is 7.23. The standard InChI is InChI=1S/C29H36ClN3O2/c1-29(2,3)28(34)25-17-31-26-12-7-18(19-13-20(30)16-23(14-19)35-6)15-24(26)27(25)32-21-8-10-22(11-9-21)33(4)5/h7,12-17,21-22H,8-11H2,1-6H3,(H,31,32). The van der Waals surface area contributed by atoms with Gasteiger partial charge in [-0.15, -0.1) is 0 Å². The van der Waals surface area contributed by atoms with Crippen LogP contribution in [0, 0.1) is 5.41 Å². The Morgan fingerprint density at radius 1 is 1.06 bits per heavy atom. The van der Waals surface area contributed by atoms with Crippen molar-refractivity contribution in [3.05, 3.63) is 53.2 Å². The number of aromatic nitrogens is 1. The fraction of sp³-hybridized carbons (Fsp3) is 0.448. The number of fused-ring (bicyclic) bond motifs is 1. The number of hydrogen-bond acceptors (Lipinski definition) is 5. The van der Waals surface area contributed by atoms with Gasteiger partial charge < -0.3 is 15.0 Å². The molecule has 1 saturated carbocycles. The van der Waals surface area contributed by atoms with Crippen molar-refractivity contribution in [1.82, 2.24) is 9.88 Å². The third-order valence-electron chi connectivity index (χ3n) is 7.01. The van der Waals surface area contributed by atoms with E-state index in [2.05, 4.69) is 35.4 Å². The number of carbonyl (C=O) groups is 1. The van der Waals surface area contributed by atoms with E-state index in [4.69, 9.17) is 16.3 Å². The van der Waals surface area contributed by atoms with Crippen molar-refractivity contribution >= 4 is 34.0 Å². The summed E-state index contributed by atoms with van der Waals surface area (Å²) in [6.07, 6.45) is 6.17. The monoisotopic (exact) mass is 493 g/mol. The summed E-state index contributed by atoms with van der Waals surface area (Å²) in [5, 5.41) is 5.35. The van der Waals surface area contributed by atoms with Crippen LogP contribution in [0.1, 0.15) is 56.8 Å². The molecule has 0 amide bonds. The Labute approximate surface area is 213 Å². The second kappa shape index (κ2) is 10.2. The molecule has 3 aromatic rings. The Balaban J connectivity index is 1.81. The average Bonchev–Trinajstić information content (AvgIpc) is 2.82. The Morgan fingerprint density at radius 2 is 1.77 bits per heavy atom. The van der Waals surface area contributed by atoms with Gasteiger partial charge in [-0.25, -0.2) is 0 Å². The van der Waals surface area contributed by atoms with Gasteiger partial charge in [0.05, 0.1) is 23.9 Å². The van der Waals surface area contributed by atoms with Crippen molar-refractivity contribution in [2.24, 2.45) is 5.41 Å². The number of pyridine rings is 1. The van der Waals surface area contributed by atoms with E-state index in [1.54, 1.807) is 19.4 Å². The molecular formula is C29H36ClN3O2. The Bertz CT molecular complexity index is 1220. The normalized spacial score (nSPS) is 18.6. The first-order valence-electron chi connectivity index (χ1n) is 12.3. The summed E-state index contributed by atoms with van der Waals surface area (Å²) >= 11 is 6.36. The van der Waals surface area contributed by atoms with Crippen LogP contribution < -0.4 is 10.1 Å². The Hall–Kier alpha value is -2.63. The molecule has 0 atom stereocenters. The lowest BCUT2D eigenvalue weighted by molar-refractivity contribution is 0.0859. The molecule has 35 heavy (non-hydrogen) atoms. The topological polar surface area (TPSA) is 54.5 Å². The van der Waals surface area contributed by atoms with Crippen LogP contribution in [0.4, 0.5) is 5.69 Å². The summed E-state index contributed by atoms with van der Waals surface area (Å²) in [6, 6.07) is 12.8. The number of rotatable bonds is 6. The minimum absolute atomic E-state index is 0.0891. The van der Waals surface area contributed by atoms with Gasteiger partial charge in [0.2, 0.25) is 0 Å². The molecule has 4 rings (SSSR count). The zero-order chi connectivity index (χ0) is 25.3. The summed E-state index contributed by atoms with van der Waals surface area (Å²) in [4.78, 5) is 20.5. The van der Waals surface area contributed by atoms with Crippen LogP contribution in [0.3, 0.4) is 0 Å². The summed E-state index contributed by atoms with van der Waals surface area (Å²) in [7, 11) is 5.94. The van der Waals surface area contributed by atoms with Crippen molar-refractivity contribution in [3.8, 4) is 16.9 Å². The molecule has 1 aliphatic carbocycles. The maximum atomic E-state index is 13.5. The molecule has 1 heterocycles. The second-order valence-electron chi connectivity index (χ2n) is 10.9. The number of nitrogens with one attached hydrogen (secondary N) is 1. The molecule has 1 aromatic heterocycles. The van der Waals surface area contributed by atoms with Gasteiger partial charge in [0.15, 0.2) is 5.78 Å². The lowest BCUT2D eigenvalue weighted by Crippen LogP contribution is -2.36. The maximum Gasteiger partial charge on any atom is 0.171 e. The van der Waals surface area contributed by atoms with Gasteiger partial charge in [0, 0.05) is 34.1 Å². The number of carbonyl (C=O) groups excluding carboxylic acids is 1. The number of ketones is 1. The second-order valence-corrected chi connectivity index (χ2v) is 11.3. The molecule has 0 unspecified atom stereocenters. The number of anilines is 1. The fourth-order valence-electron chi connectivity index (χ4n) is 4.89. The molecule has 2 aromatic carbocycles. The molecule has 6 heteroatoms. The lowest BCUT2D eigenvalue weighted by atomic mass is 9.85. The number of benzene rings is 2. The molecular weight excluding hydrogens is 458 g/mol. The highest BCUT2D eigenvalue weighted by Gasteiger charge is 2.29. The third kappa shape index (κ3) is 5.62. The molecule has 5 nitrogen and oxygen atoms in total. The number of methoxy groups -OCH3 is 1. The van der Waals surface area contributed by atoms with Crippen LogP contribution in [0.2, 0.25) is 5.02 Å². The van der Waals surface area contributed by atoms with E-state index in [1.165, 1.54) is 0 Å². The number of nitrogens with zero attached hydrogens (tertiary/aromatic N) is 2. The van der Waals surface area contributed by atoms with Crippen molar-refractivity contribution in [2.75, 3.05) is 26.5 Å². The highest BCUT2D eigenvalue weighted by atomic mass is 35.5. The minimum Gasteiger partial charge on any atom is -0.497 e. The van der Waals surface area contributed by atoms with E-state index < -0.39 is 5.41 Å². The van der Waals surface area contributed by atoms with Gasteiger partial charge in [0.25, 0.3) is 0 Å². The number of hydrogen-bond donors (Lipinski definition) is 1. The molecule has 0 aliphatic heterocycles. The Kier molecular flexibility index (Phi) is 7.39. The first-order valence-corrected chi connectivity index (χ1v) is 12.7. The van der Waals surface area contributed by atoms with Crippen LogP contribution in [0.15, 0.2) is 42.6 Å². The highest BCUT2D eigenvalue weighted by Crippen LogP contribution is 2.37. The molecule has 1 aliphatic rings. The quantitative estimate of drug-likeness (QED) is 0.372. The number of ether oxygens (including phenoxy) is 1. The van der Waals surface area contributed by atoms with Crippen molar-refractivity contribution in [3.63, 3.8) is 0 Å². The van der Waals surface area contributed by atoms with Crippen molar-refractivity contribution < 1.29 is 9.53 Å². The predicted molar refractivity (Wildman–Crippen MR) is 146 cm³/mol. The molecule has 0 saturated heterocycles. The molecule has 0 bridgehead atoms. The van der Waals surface area contributed by atoms with Crippen LogP contribution in [-0.4, -0.2) is 49.0 Å². The SMILES string of the molecule is COc1cc(Cl)cc(-c2ccc3ncc(C(=O)C(C)(C)C)c(NC4CCC(N(C)C)CC4)c3c2)c1. The van der Waals surface area contributed by atoms with Gasteiger partial charge in [-0.2, -0.15) is 0 Å². The number of Topliss-reactive ketones (excluding diaryl/α,β-unsaturated/α-hetero) is 1. The number of halogens is 1. The summed E-state index contributed by atoms with van der Waals surface area (Å²) in [5.41, 5.74) is 3.85. The highest BCUT2D eigenvalue weighted by molar-refractivity contribution is 6.31. The van der Waals surface area contributed by atoms with Crippen molar-refractivity contribution in [2.45, 2.75) is 58.5 Å². The van der Waals surface area contributed by atoms with Crippen LogP contribution in [0.25, 0.3) is 22.0 Å². The molecule has 1 N–H and O–H groups in total. The first-order chi connectivity index (χ1) is 16.6. The van der Waals surface area contributed by atoms with E-state index in [9.17, 15) is 4.79 Å². The lowest BCUT2D eigenvalue weighted by Gasteiger charge is -2.34. The smallest absolute Gasteiger partial charge is 0.171 e. The summed E-state index contributed by atoms with van der Waals surface area (Å²) in [5.74, 6) is 0.796.